The van der Waals surface area contributed by atoms with E-state index in [-0.39, 0.29) is 29.7 Å². The van der Waals surface area contributed by atoms with E-state index in [0.29, 0.717) is 24.0 Å². The Morgan fingerprint density at radius 3 is 2.66 bits per heavy atom. The summed E-state index contributed by atoms with van der Waals surface area (Å²) in [5.41, 5.74) is 0.950. The molecule has 2 aromatic carbocycles. The van der Waals surface area contributed by atoms with E-state index < -0.39 is 23.5 Å². The van der Waals surface area contributed by atoms with E-state index in [1.807, 2.05) is 0 Å². The molecule has 29 heavy (non-hydrogen) atoms. The first-order valence-electron chi connectivity index (χ1n) is 8.89. The van der Waals surface area contributed by atoms with Crippen LogP contribution in [-0.2, 0) is 4.79 Å². The molecule has 0 N–H and O–H groups in total. The molecule has 0 saturated heterocycles. The van der Waals surface area contributed by atoms with Crippen molar-refractivity contribution in [3.05, 3.63) is 76.6 Å². The molecule has 0 spiro atoms. The summed E-state index contributed by atoms with van der Waals surface area (Å²) >= 11 is 5.83. The fraction of sp³-hybridized carbons (Fsp3) is 0.238. The summed E-state index contributed by atoms with van der Waals surface area (Å²) in [5.74, 6) is -2.12. The Bertz CT molecular complexity index is 945. The highest BCUT2D eigenvalue weighted by molar-refractivity contribution is 6.32. The van der Waals surface area contributed by atoms with Crippen LogP contribution in [0.2, 0.25) is 5.02 Å². The Kier molecular flexibility index (Phi) is 6.59. The Labute approximate surface area is 171 Å². The molecule has 0 bridgehead atoms. The summed E-state index contributed by atoms with van der Waals surface area (Å²) < 4.78 is 45.9. The fourth-order valence-corrected chi connectivity index (χ4v) is 3.12. The van der Waals surface area contributed by atoms with Crippen LogP contribution in [0.4, 0.5) is 13.2 Å². The SMILES string of the molecule is C=C(CCC(=O)N1N=CCC1c1cc(F)cc(F)c1)COc1cccc(F)c1Cl. The van der Waals surface area contributed by atoms with Crippen molar-refractivity contribution in [2.45, 2.75) is 25.3 Å². The molecule has 1 aliphatic heterocycles. The molecule has 3 rings (SSSR count). The number of rotatable bonds is 7. The molecule has 1 aliphatic rings. The van der Waals surface area contributed by atoms with Crippen LogP contribution in [0.3, 0.4) is 0 Å². The Morgan fingerprint density at radius 2 is 1.93 bits per heavy atom. The van der Waals surface area contributed by atoms with Crippen LogP contribution in [0.25, 0.3) is 0 Å². The molecule has 0 fully saturated rings. The molecule has 0 aromatic heterocycles. The van der Waals surface area contributed by atoms with Gasteiger partial charge in [-0.3, -0.25) is 4.79 Å². The van der Waals surface area contributed by atoms with Crippen LogP contribution in [0.15, 0.2) is 53.7 Å². The van der Waals surface area contributed by atoms with Crippen LogP contribution < -0.4 is 4.74 Å². The average Bonchev–Trinajstić information content (AvgIpc) is 3.16. The lowest BCUT2D eigenvalue weighted by atomic mass is 10.0. The smallest absolute Gasteiger partial charge is 0.243 e. The van der Waals surface area contributed by atoms with Gasteiger partial charge in [-0.1, -0.05) is 24.2 Å². The van der Waals surface area contributed by atoms with Crippen molar-refractivity contribution in [3.63, 3.8) is 0 Å². The quantitative estimate of drug-likeness (QED) is 0.558. The third kappa shape index (κ3) is 5.17. The van der Waals surface area contributed by atoms with Crippen LogP contribution in [-0.4, -0.2) is 23.7 Å². The van der Waals surface area contributed by atoms with E-state index in [1.54, 1.807) is 0 Å². The lowest BCUT2D eigenvalue weighted by molar-refractivity contribution is -0.133. The first-order chi connectivity index (χ1) is 13.8. The van der Waals surface area contributed by atoms with E-state index in [4.69, 9.17) is 16.3 Å². The summed E-state index contributed by atoms with van der Waals surface area (Å²) in [7, 11) is 0. The molecule has 1 unspecified atom stereocenters. The lowest BCUT2D eigenvalue weighted by Crippen LogP contribution is -2.27. The minimum atomic E-state index is -0.708. The third-order valence-electron chi connectivity index (χ3n) is 4.40. The second-order valence-corrected chi connectivity index (χ2v) is 6.96. The van der Waals surface area contributed by atoms with Gasteiger partial charge in [0.25, 0.3) is 0 Å². The number of benzene rings is 2. The molecule has 0 aliphatic carbocycles. The number of amides is 1. The van der Waals surface area contributed by atoms with Gasteiger partial charge in [-0.2, -0.15) is 5.10 Å². The predicted octanol–water partition coefficient (Wildman–Crippen LogP) is 5.43. The molecule has 0 radical (unpaired) electrons. The molecular formula is C21H18ClF3N2O2. The Morgan fingerprint density at radius 1 is 1.21 bits per heavy atom. The molecule has 2 aromatic rings. The maximum atomic E-state index is 13.5. The van der Waals surface area contributed by atoms with Crippen LogP contribution >= 0.6 is 11.6 Å². The topological polar surface area (TPSA) is 41.9 Å². The monoisotopic (exact) mass is 422 g/mol. The lowest BCUT2D eigenvalue weighted by Gasteiger charge is -2.22. The van der Waals surface area contributed by atoms with E-state index in [1.165, 1.54) is 41.6 Å². The molecular weight excluding hydrogens is 405 g/mol. The molecule has 0 saturated carbocycles. The minimum absolute atomic E-state index is 0.0677. The number of hydrogen-bond acceptors (Lipinski definition) is 3. The number of carbonyl (C=O) groups excluding carboxylic acids is 1. The first-order valence-corrected chi connectivity index (χ1v) is 9.27. The van der Waals surface area contributed by atoms with Crippen LogP contribution in [0, 0.1) is 17.5 Å². The summed E-state index contributed by atoms with van der Waals surface area (Å²) in [6.07, 6.45) is 2.30. The summed E-state index contributed by atoms with van der Waals surface area (Å²) in [6, 6.07) is 6.84. The van der Waals surface area contributed by atoms with E-state index in [0.717, 1.165) is 6.07 Å². The zero-order valence-corrected chi connectivity index (χ0v) is 16.1. The van der Waals surface area contributed by atoms with Gasteiger partial charge in [0.1, 0.15) is 34.8 Å². The summed E-state index contributed by atoms with van der Waals surface area (Å²) in [5, 5.41) is 5.15. The van der Waals surface area contributed by atoms with Crippen LogP contribution in [0.5, 0.6) is 5.75 Å². The Balaban J connectivity index is 1.54. The minimum Gasteiger partial charge on any atom is -0.488 e. The van der Waals surface area contributed by atoms with Crippen molar-refractivity contribution >= 4 is 23.7 Å². The zero-order valence-electron chi connectivity index (χ0n) is 15.4. The average molecular weight is 423 g/mol. The maximum Gasteiger partial charge on any atom is 0.243 e. The van der Waals surface area contributed by atoms with Crippen molar-refractivity contribution < 1.29 is 22.7 Å². The van der Waals surface area contributed by atoms with Crippen molar-refractivity contribution in [2.75, 3.05) is 6.61 Å². The number of ether oxygens (including phenoxy) is 1. The van der Waals surface area contributed by atoms with Crippen molar-refractivity contribution in [1.29, 1.82) is 0 Å². The molecule has 1 atom stereocenters. The number of hydrogen-bond donors (Lipinski definition) is 0. The highest BCUT2D eigenvalue weighted by Gasteiger charge is 2.28. The van der Waals surface area contributed by atoms with Gasteiger partial charge in [-0.05, 0) is 41.8 Å². The second kappa shape index (κ2) is 9.13. The van der Waals surface area contributed by atoms with Crippen molar-refractivity contribution in [1.82, 2.24) is 5.01 Å². The van der Waals surface area contributed by atoms with Crippen molar-refractivity contribution in [3.8, 4) is 5.75 Å². The summed E-state index contributed by atoms with van der Waals surface area (Å²) in [6.45, 7) is 3.92. The van der Waals surface area contributed by atoms with Gasteiger partial charge in [-0.25, -0.2) is 18.2 Å². The molecule has 1 amide bonds. The van der Waals surface area contributed by atoms with Gasteiger partial charge in [0.15, 0.2) is 0 Å². The third-order valence-corrected chi connectivity index (χ3v) is 4.76. The van der Waals surface area contributed by atoms with Gasteiger partial charge in [0.2, 0.25) is 5.91 Å². The van der Waals surface area contributed by atoms with Gasteiger partial charge in [0, 0.05) is 25.1 Å². The molecule has 8 heteroatoms. The van der Waals surface area contributed by atoms with E-state index in [2.05, 4.69) is 11.7 Å². The fourth-order valence-electron chi connectivity index (χ4n) is 2.94. The normalized spacial score (nSPS) is 15.6. The summed E-state index contributed by atoms with van der Waals surface area (Å²) in [4.78, 5) is 12.5. The highest BCUT2D eigenvalue weighted by Crippen LogP contribution is 2.30. The highest BCUT2D eigenvalue weighted by atomic mass is 35.5. The molecule has 1 heterocycles. The van der Waals surface area contributed by atoms with Crippen molar-refractivity contribution in [2.24, 2.45) is 5.10 Å². The largest absolute Gasteiger partial charge is 0.488 e. The van der Waals surface area contributed by atoms with Gasteiger partial charge >= 0.3 is 0 Å². The maximum absolute atomic E-state index is 13.5. The van der Waals surface area contributed by atoms with Gasteiger partial charge < -0.3 is 4.74 Å². The zero-order chi connectivity index (χ0) is 21.0. The Hall–Kier alpha value is -2.80. The van der Waals surface area contributed by atoms with Crippen LogP contribution in [0.1, 0.15) is 30.9 Å². The number of nitrogens with zero attached hydrogens (tertiary/aromatic N) is 2. The van der Waals surface area contributed by atoms with E-state index in [9.17, 15) is 18.0 Å². The standard InChI is InChI=1S/C21H18ClF3N2O2/c1-13(12-29-19-4-2-3-17(25)21(19)22)5-6-20(28)27-18(7-8-26-27)14-9-15(23)11-16(24)10-14/h2-4,8-11,18H,1,5-7,12H2. The molecule has 4 nitrogen and oxygen atoms in total. The van der Waals surface area contributed by atoms with Gasteiger partial charge in [0.05, 0.1) is 6.04 Å². The number of carbonyl (C=O) groups is 1. The molecule has 152 valence electrons. The first kappa shape index (κ1) is 20.9. The van der Waals surface area contributed by atoms with E-state index >= 15 is 0 Å². The second-order valence-electron chi connectivity index (χ2n) is 6.58. The number of halogens is 4. The van der Waals surface area contributed by atoms with Gasteiger partial charge in [-0.15, -0.1) is 0 Å². The predicted molar refractivity (Wildman–Crippen MR) is 104 cm³/mol. The number of hydrazone groups is 1.